The smallest absolute Gasteiger partial charge is 0.305 e. The summed E-state index contributed by atoms with van der Waals surface area (Å²) in [5.41, 5.74) is 1.59. The fraction of sp³-hybridized carbons (Fsp3) is 0.467. The van der Waals surface area contributed by atoms with E-state index in [4.69, 9.17) is 9.47 Å². The summed E-state index contributed by atoms with van der Waals surface area (Å²) in [5.74, 6) is 1.01. The number of fused-ring (bicyclic) bond motifs is 2. The number of hydrogen-bond donors (Lipinski definition) is 1. The highest BCUT2D eigenvalue weighted by Gasteiger charge is 2.27. The molecule has 7 heteroatoms. The van der Waals surface area contributed by atoms with E-state index in [2.05, 4.69) is 10.1 Å². The number of carbonyl (C=O) groups excluding carboxylic acids is 2. The van der Waals surface area contributed by atoms with Crippen LogP contribution < -0.4 is 19.7 Å². The Morgan fingerprint density at radius 1 is 1.32 bits per heavy atom. The van der Waals surface area contributed by atoms with Gasteiger partial charge in [-0.15, -0.1) is 0 Å². The third-order valence-electron chi connectivity index (χ3n) is 3.67. The molecule has 0 spiro atoms. The van der Waals surface area contributed by atoms with Gasteiger partial charge in [-0.1, -0.05) is 0 Å². The van der Waals surface area contributed by atoms with Crippen LogP contribution in [0.2, 0.25) is 0 Å². The lowest BCUT2D eigenvalue weighted by atomic mass is 10.1. The van der Waals surface area contributed by atoms with Crippen molar-refractivity contribution < 1.29 is 23.8 Å². The van der Waals surface area contributed by atoms with Crippen LogP contribution in [0.3, 0.4) is 0 Å². The fourth-order valence-corrected chi connectivity index (χ4v) is 2.57. The molecule has 3 rings (SSSR count). The highest BCUT2D eigenvalue weighted by molar-refractivity contribution is 6.03. The highest BCUT2D eigenvalue weighted by atomic mass is 16.6. The average Bonchev–Trinajstić information content (AvgIpc) is 2.55. The summed E-state index contributed by atoms with van der Waals surface area (Å²) in [6, 6.07) is 3.66. The van der Waals surface area contributed by atoms with Crippen LogP contribution in [0.4, 0.5) is 11.4 Å². The molecule has 7 nitrogen and oxygen atoms in total. The molecule has 1 amide bonds. The molecular formula is C15H18N2O5. The molecule has 1 aromatic rings. The second-order valence-electron chi connectivity index (χ2n) is 5.09. The first-order valence-electron chi connectivity index (χ1n) is 7.24. The minimum absolute atomic E-state index is 0.0333. The van der Waals surface area contributed by atoms with Crippen LogP contribution in [0.15, 0.2) is 12.1 Å². The molecule has 0 saturated carbocycles. The number of anilines is 2. The molecule has 0 atom stereocenters. The van der Waals surface area contributed by atoms with Gasteiger partial charge < -0.3 is 24.4 Å². The molecule has 1 aromatic carbocycles. The Morgan fingerprint density at radius 2 is 2.05 bits per heavy atom. The van der Waals surface area contributed by atoms with E-state index < -0.39 is 0 Å². The van der Waals surface area contributed by atoms with Crippen molar-refractivity contribution >= 4 is 23.3 Å². The molecule has 0 aliphatic carbocycles. The Labute approximate surface area is 128 Å². The quantitative estimate of drug-likeness (QED) is 0.842. The monoisotopic (exact) mass is 306 g/mol. The number of benzene rings is 1. The van der Waals surface area contributed by atoms with Gasteiger partial charge in [-0.2, -0.15) is 0 Å². The van der Waals surface area contributed by atoms with Gasteiger partial charge in [0.2, 0.25) is 5.91 Å². The lowest BCUT2D eigenvalue weighted by Crippen LogP contribution is -2.40. The molecule has 0 saturated heterocycles. The van der Waals surface area contributed by atoms with Crippen LogP contribution in [0, 0.1) is 0 Å². The van der Waals surface area contributed by atoms with E-state index in [0.29, 0.717) is 37.7 Å². The second kappa shape index (κ2) is 6.13. The van der Waals surface area contributed by atoms with E-state index in [0.717, 1.165) is 11.4 Å². The van der Waals surface area contributed by atoms with Crippen LogP contribution in [0.1, 0.15) is 12.8 Å². The number of esters is 1. The van der Waals surface area contributed by atoms with Gasteiger partial charge in [-0.25, -0.2) is 0 Å². The molecule has 22 heavy (non-hydrogen) atoms. The van der Waals surface area contributed by atoms with Crippen LogP contribution >= 0.6 is 0 Å². The molecule has 0 radical (unpaired) electrons. The number of ether oxygens (including phenoxy) is 3. The van der Waals surface area contributed by atoms with E-state index in [1.54, 1.807) is 4.90 Å². The zero-order chi connectivity index (χ0) is 15.5. The molecular weight excluding hydrogens is 288 g/mol. The van der Waals surface area contributed by atoms with Gasteiger partial charge in [-0.05, 0) is 6.42 Å². The minimum atomic E-state index is -0.273. The Kier molecular flexibility index (Phi) is 4.04. The van der Waals surface area contributed by atoms with Gasteiger partial charge >= 0.3 is 5.97 Å². The van der Waals surface area contributed by atoms with Crippen molar-refractivity contribution in [1.29, 1.82) is 0 Å². The molecule has 0 unspecified atom stereocenters. The van der Waals surface area contributed by atoms with Gasteiger partial charge in [0.15, 0.2) is 11.5 Å². The van der Waals surface area contributed by atoms with Crippen molar-refractivity contribution in [3.63, 3.8) is 0 Å². The van der Waals surface area contributed by atoms with Gasteiger partial charge in [0.1, 0.15) is 13.2 Å². The maximum Gasteiger partial charge on any atom is 0.305 e. The predicted molar refractivity (Wildman–Crippen MR) is 79.5 cm³/mol. The van der Waals surface area contributed by atoms with E-state index in [9.17, 15) is 9.59 Å². The first-order valence-corrected chi connectivity index (χ1v) is 7.24. The number of methoxy groups -OCH3 is 1. The predicted octanol–water partition coefficient (Wildman–Crippen LogP) is 1.17. The lowest BCUT2D eigenvalue weighted by molar-refractivity contribution is -0.140. The summed E-state index contributed by atoms with van der Waals surface area (Å²) < 4.78 is 15.7. The maximum absolute atomic E-state index is 12.1. The molecule has 1 N–H and O–H groups in total. The second-order valence-corrected chi connectivity index (χ2v) is 5.09. The Morgan fingerprint density at radius 3 is 2.77 bits per heavy atom. The molecule has 0 bridgehead atoms. The summed E-state index contributed by atoms with van der Waals surface area (Å²) in [5, 5.41) is 3.08. The van der Waals surface area contributed by atoms with Crippen LogP contribution in [0.25, 0.3) is 0 Å². The van der Waals surface area contributed by atoms with Crippen molar-refractivity contribution in [2.24, 2.45) is 0 Å². The molecule has 2 heterocycles. The maximum atomic E-state index is 12.1. The SMILES string of the molecule is COC(=O)CCCN1C(=O)CNc2cc3c(cc21)OCCO3. The van der Waals surface area contributed by atoms with Crippen LogP contribution in [-0.2, 0) is 14.3 Å². The van der Waals surface area contributed by atoms with E-state index in [1.165, 1.54) is 7.11 Å². The topological polar surface area (TPSA) is 77.1 Å². The number of carbonyl (C=O) groups is 2. The van der Waals surface area contributed by atoms with Crippen molar-refractivity contribution in [2.45, 2.75) is 12.8 Å². The Balaban J connectivity index is 1.80. The van der Waals surface area contributed by atoms with Gasteiger partial charge in [0.05, 0.1) is 25.0 Å². The highest BCUT2D eigenvalue weighted by Crippen LogP contribution is 2.41. The van der Waals surface area contributed by atoms with Crippen molar-refractivity contribution in [2.75, 3.05) is 43.6 Å². The normalized spacial score (nSPS) is 15.9. The van der Waals surface area contributed by atoms with Crippen LogP contribution in [0.5, 0.6) is 11.5 Å². The first-order chi connectivity index (χ1) is 10.7. The summed E-state index contributed by atoms with van der Waals surface area (Å²) in [6.45, 7) is 1.70. The number of rotatable bonds is 4. The van der Waals surface area contributed by atoms with Gasteiger partial charge in [0, 0.05) is 25.1 Å². The Hall–Kier alpha value is -2.44. The third kappa shape index (κ3) is 2.79. The average molecular weight is 306 g/mol. The Bertz CT molecular complexity index is 602. The minimum Gasteiger partial charge on any atom is -0.486 e. The molecule has 2 aliphatic rings. The van der Waals surface area contributed by atoms with E-state index >= 15 is 0 Å². The number of hydrogen-bond acceptors (Lipinski definition) is 6. The number of nitrogens with zero attached hydrogens (tertiary/aromatic N) is 1. The molecule has 118 valence electrons. The standard InChI is InChI=1S/C15H18N2O5/c1-20-15(19)3-2-4-17-11-8-13-12(21-5-6-22-13)7-10(11)16-9-14(17)18/h7-8,16H,2-6,9H2,1H3. The zero-order valence-electron chi connectivity index (χ0n) is 12.4. The van der Waals surface area contributed by atoms with Crippen molar-refractivity contribution in [1.82, 2.24) is 0 Å². The van der Waals surface area contributed by atoms with E-state index in [1.807, 2.05) is 12.1 Å². The summed E-state index contributed by atoms with van der Waals surface area (Å²) in [6.07, 6.45) is 0.833. The van der Waals surface area contributed by atoms with Crippen molar-refractivity contribution in [3.05, 3.63) is 12.1 Å². The summed E-state index contributed by atoms with van der Waals surface area (Å²) in [7, 11) is 1.36. The van der Waals surface area contributed by atoms with Gasteiger partial charge in [0.25, 0.3) is 0 Å². The molecule has 0 fully saturated rings. The number of nitrogens with one attached hydrogen (secondary N) is 1. The number of amides is 1. The van der Waals surface area contributed by atoms with Crippen LogP contribution in [-0.4, -0.2) is 45.3 Å². The van der Waals surface area contributed by atoms with Gasteiger partial charge in [-0.3, -0.25) is 9.59 Å². The first kappa shape index (κ1) is 14.5. The third-order valence-corrected chi connectivity index (χ3v) is 3.67. The zero-order valence-corrected chi connectivity index (χ0v) is 12.4. The summed E-state index contributed by atoms with van der Waals surface area (Å²) in [4.78, 5) is 25.0. The lowest BCUT2D eigenvalue weighted by Gasteiger charge is -2.32. The molecule has 2 aliphatic heterocycles. The van der Waals surface area contributed by atoms with E-state index in [-0.39, 0.29) is 24.8 Å². The summed E-state index contributed by atoms with van der Waals surface area (Å²) >= 11 is 0. The van der Waals surface area contributed by atoms with Crippen molar-refractivity contribution in [3.8, 4) is 11.5 Å². The largest absolute Gasteiger partial charge is 0.486 e. The fourth-order valence-electron chi connectivity index (χ4n) is 2.57. The molecule has 0 aromatic heterocycles.